The first-order valence-corrected chi connectivity index (χ1v) is 6.11. The summed E-state index contributed by atoms with van der Waals surface area (Å²) in [6.45, 7) is 0.686. The van der Waals surface area contributed by atoms with Gasteiger partial charge in [0.15, 0.2) is 6.29 Å². The number of rotatable bonds is 6. The maximum Gasteiger partial charge on any atom is 0.152 e. The molecular weight excluding hydrogens is 254 g/mol. The maximum absolute atomic E-state index is 10.7. The molecule has 0 bridgehead atoms. The molecule has 20 heavy (non-hydrogen) atoms. The van der Waals surface area contributed by atoms with Gasteiger partial charge in [-0.25, -0.2) is 0 Å². The first-order chi connectivity index (χ1) is 9.83. The average Bonchev–Trinajstić information content (AvgIpc) is 2.93. The molecule has 0 N–H and O–H groups in total. The van der Waals surface area contributed by atoms with Crippen molar-refractivity contribution in [2.24, 2.45) is 5.11 Å². The molecule has 0 aliphatic carbocycles. The summed E-state index contributed by atoms with van der Waals surface area (Å²) in [5.74, 6) is 0. The summed E-state index contributed by atoms with van der Waals surface area (Å²) in [5, 5.41) is 7.51. The number of carbonyl (C=O) groups is 1. The molecule has 0 spiro atoms. The molecule has 1 aromatic carbocycles. The summed E-state index contributed by atoms with van der Waals surface area (Å²) in [5.41, 5.74) is 10.3. The zero-order chi connectivity index (χ0) is 14.2. The lowest BCUT2D eigenvalue weighted by Crippen LogP contribution is -2.05. The molecular formula is C14H13N5O. The first-order valence-electron chi connectivity index (χ1n) is 6.11. The number of carbonyl (C=O) groups excluding carboxylic acids is 1. The average molecular weight is 267 g/mol. The van der Waals surface area contributed by atoms with Crippen LogP contribution >= 0.6 is 0 Å². The minimum absolute atomic E-state index is 0.0361. The number of allylic oxidation sites excluding steroid dienone is 1. The smallest absolute Gasteiger partial charge is 0.152 e. The van der Waals surface area contributed by atoms with Gasteiger partial charge in [-0.1, -0.05) is 35.4 Å². The molecule has 0 saturated carbocycles. The van der Waals surface area contributed by atoms with E-state index in [0.717, 1.165) is 12.1 Å². The molecule has 2 aromatic rings. The molecule has 0 aliphatic rings. The van der Waals surface area contributed by atoms with E-state index in [1.807, 2.05) is 18.2 Å². The Hall–Kier alpha value is -2.85. The number of aryl methyl sites for hydroxylation is 2. The second-order valence-corrected chi connectivity index (χ2v) is 4.09. The molecule has 2 rings (SSSR count). The zero-order valence-electron chi connectivity index (χ0n) is 10.8. The van der Waals surface area contributed by atoms with Crippen LogP contribution in [0.1, 0.15) is 11.3 Å². The van der Waals surface area contributed by atoms with Gasteiger partial charge in [0.1, 0.15) is 0 Å². The van der Waals surface area contributed by atoms with E-state index < -0.39 is 0 Å². The second kappa shape index (κ2) is 6.92. The highest BCUT2D eigenvalue weighted by Crippen LogP contribution is 2.08. The maximum atomic E-state index is 10.7. The molecule has 0 saturated heterocycles. The molecule has 0 amide bonds. The van der Waals surface area contributed by atoms with Crippen LogP contribution in [0.4, 0.5) is 0 Å². The number of nitrogens with zero attached hydrogens (tertiary/aromatic N) is 5. The summed E-state index contributed by atoms with van der Waals surface area (Å²) in [6, 6.07) is 11.8. The predicted molar refractivity (Wildman–Crippen MR) is 75.6 cm³/mol. The van der Waals surface area contributed by atoms with Crippen LogP contribution < -0.4 is 0 Å². The van der Waals surface area contributed by atoms with E-state index in [9.17, 15) is 4.79 Å². The van der Waals surface area contributed by atoms with Gasteiger partial charge in [0.05, 0.1) is 11.4 Å². The minimum atomic E-state index is 0.0361. The van der Waals surface area contributed by atoms with Crippen LogP contribution in [0.15, 0.2) is 53.4 Å². The normalized spacial score (nSPS) is 10.9. The van der Waals surface area contributed by atoms with Gasteiger partial charge in [-0.2, -0.15) is 5.10 Å². The second-order valence-electron chi connectivity index (χ2n) is 4.09. The standard InChI is InChI=1S/C14H13N5O/c15-18-17-13(11-20)10-14-6-8-16-19(14)9-7-12-4-2-1-3-5-12/h1-6,8,10-11H,7,9H2/b13-10-. The van der Waals surface area contributed by atoms with E-state index in [1.165, 1.54) is 11.6 Å². The van der Waals surface area contributed by atoms with Crippen molar-refractivity contribution < 1.29 is 4.79 Å². The van der Waals surface area contributed by atoms with E-state index in [0.29, 0.717) is 12.8 Å². The van der Waals surface area contributed by atoms with Gasteiger partial charge in [-0.3, -0.25) is 9.48 Å². The third kappa shape index (κ3) is 3.57. The molecule has 0 aliphatic heterocycles. The lowest BCUT2D eigenvalue weighted by molar-refractivity contribution is -0.104. The van der Waals surface area contributed by atoms with Crippen molar-refractivity contribution in [2.45, 2.75) is 13.0 Å². The quantitative estimate of drug-likeness (QED) is 0.265. The van der Waals surface area contributed by atoms with Crippen LogP contribution in [-0.4, -0.2) is 16.1 Å². The lowest BCUT2D eigenvalue weighted by atomic mass is 10.1. The van der Waals surface area contributed by atoms with Gasteiger partial charge in [0.2, 0.25) is 0 Å². The Morgan fingerprint density at radius 3 is 2.85 bits per heavy atom. The van der Waals surface area contributed by atoms with Gasteiger partial charge < -0.3 is 0 Å². The van der Waals surface area contributed by atoms with E-state index in [2.05, 4.69) is 27.3 Å². The molecule has 1 heterocycles. The van der Waals surface area contributed by atoms with Crippen molar-refractivity contribution in [3.05, 3.63) is 70.0 Å². The summed E-state index contributed by atoms with van der Waals surface area (Å²) < 4.78 is 1.77. The topological polar surface area (TPSA) is 83.7 Å². The largest absolute Gasteiger partial charge is 0.298 e. The zero-order valence-corrected chi connectivity index (χ0v) is 10.8. The fraction of sp³-hybridized carbons (Fsp3) is 0.143. The molecule has 0 atom stereocenters. The van der Waals surface area contributed by atoms with E-state index >= 15 is 0 Å². The van der Waals surface area contributed by atoms with E-state index in [1.54, 1.807) is 16.9 Å². The summed E-state index contributed by atoms with van der Waals surface area (Å²) in [7, 11) is 0. The molecule has 0 fully saturated rings. The van der Waals surface area contributed by atoms with E-state index in [4.69, 9.17) is 5.53 Å². The van der Waals surface area contributed by atoms with Crippen LogP contribution in [0.25, 0.3) is 16.5 Å². The van der Waals surface area contributed by atoms with Crippen molar-refractivity contribution in [3.8, 4) is 0 Å². The third-order valence-electron chi connectivity index (χ3n) is 2.78. The predicted octanol–water partition coefficient (Wildman–Crippen LogP) is 2.98. The van der Waals surface area contributed by atoms with Gasteiger partial charge in [0, 0.05) is 17.7 Å². The lowest BCUT2D eigenvalue weighted by Gasteiger charge is -2.05. The van der Waals surface area contributed by atoms with Crippen molar-refractivity contribution in [3.63, 3.8) is 0 Å². The summed E-state index contributed by atoms with van der Waals surface area (Å²) in [6.07, 6.45) is 4.52. The highest BCUT2D eigenvalue weighted by atomic mass is 16.1. The Balaban J connectivity index is 2.13. The molecule has 6 heteroatoms. The first kappa shape index (κ1) is 13.6. The minimum Gasteiger partial charge on any atom is -0.298 e. The van der Waals surface area contributed by atoms with Crippen LogP contribution in [0.5, 0.6) is 0 Å². The third-order valence-corrected chi connectivity index (χ3v) is 2.78. The Kier molecular flexibility index (Phi) is 4.70. The molecule has 1 aromatic heterocycles. The molecule has 100 valence electrons. The Labute approximate surface area is 116 Å². The number of benzene rings is 1. The monoisotopic (exact) mass is 267 g/mol. The van der Waals surface area contributed by atoms with Crippen LogP contribution in [0, 0.1) is 0 Å². The highest BCUT2D eigenvalue weighted by molar-refractivity contribution is 5.80. The van der Waals surface area contributed by atoms with Crippen LogP contribution in [0.3, 0.4) is 0 Å². The highest BCUT2D eigenvalue weighted by Gasteiger charge is 2.02. The van der Waals surface area contributed by atoms with Crippen molar-refractivity contribution >= 4 is 12.4 Å². The molecule has 0 radical (unpaired) electrons. The number of hydrogen-bond donors (Lipinski definition) is 0. The van der Waals surface area contributed by atoms with Crippen LogP contribution in [-0.2, 0) is 17.8 Å². The SMILES string of the molecule is [N-]=[N+]=N/C(C=O)=C\c1ccnn1CCc1ccccc1. The van der Waals surface area contributed by atoms with Crippen LogP contribution in [0.2, 0.25) is 0 Å². The number of aromatic nitrogens is 2. The van der Waals surface area contributed by atoms with Crippen molar-refractivity contribution in [1.29, 1.82) is 0 Å². The summed E-state index contributed by atoms with van der Waals surface area (Å²) >= 11 is 0. The number of aldehydes is 1. The number of azide groups is 1. The van der Waals surface area contributed by atoms with E-state index in [-0.39, 0.29) is 5.70 Å². The summed E-state index contributed by atoms with van der Waals surface area (Å²) in [4.78, 5) is 13.4. The Morgan fingerprint density at radius 2 is 2.15 bits per heavy atom. The van der Waals surface area contributed by atoms with Gasteiger partial charge in [-0.15, -0.1) is 0 Å². The van der Waals surface area contributed by atoms with Gasteiger partial charge in [-0.05, 0) is 29.7 Å². The fourth-order valence-electron chi connectivity index (χ4n) is 1.82. The molecule has 6 nitrogen and oxygen atoms in total. The van der Waals surface area contributed by atoms with Gasteiger partial charge in [0.25, 0.3) is 0 Å². The number of hydrogen-bond acceptors (Lipinski definition) is 3. The van der Waals surface area contributed by atoms with Crippen molar-refractivity contribution in [1.82, 2.24) is 9.78 Å². The molecule has 0 unspecified atom stereocenters. The van der Waals surface area contributed by atoms with Crippen molar-refractivity contribution in [2.75, 3.05) is 0 Å². The Bertz CT molecular complexity index is 653. The Morgan fingerprint density at radius 1 is 1.35 bits per heavy atom. The fourth-order valence-corrected chi connectivity index (χ4v) is 1.82. The van der Waals surface area contributed by atoms with Gasteiger partial charge >= 0.3 is 0 Å².